The van der Waals surface area contributed by atoms with Gasteiger partial charge >= 0.3 is 5.97 Å². The Morgan fingerprint density at radius 1 is 1.40 bits per heavy atom. The zero-order chi connectivity index (χ0) is 19.4. The van der Waals surface area contributed by atoms with E-state index >= 15 is 0 Å². The molecule has 0 radical (unpaired) electrons. The van der Waals surface area contributed by atoms with Crippen LogP contribution >= 0.6 is 0 Å². The summed E-state index contributed by atoms with van der Waals surface area (Å²) in [6.45, 7) is 5.61. The first-order valence-electron chi connectivity index (χ1n) is 7.53. The number of carbonyl (C=O) groups is 1. The summed E-state index contributed by atoms with van der Waals surface area (Å²) in [5, 5.41) is 21.3. The van der Waals surface area contributed by atoms with Gasteiger partial charge in [-0.05, 0) is 38.8 Å². The van der Waals surface area contributed by atoms with E-state index in [0.29, 0.717) is 5.56 Å². The van der Waals surface area contributed by atoms with Crippen molar-refractivity contribution in [1.82, 2.24) is 4.72 Å². The van der Waals surface area contributed by atoms with Crippen LogP contribution in [-0.2, 0) is 19.6 Å². The van der Waals surface area contributed by atoms with Crippen molar-refractivity contribution in [3.05, 3.63) is 33.4 Å². The normalized spacial score (nSPS) is 14.0. The lowest BCUT2D eigenvalue weighted by atomic mass is 10.0. The molecule has 1 rings (SSSR count). The second kappa shape index (κ2) is 7.89. The van der Waals surface area contributed by atoms with E-state index in [1.165, 1.54) is 19.9 Å². The molecule has 25 heavy (non-hydrogen) atoms. The number of hydrogen-bond donors (Lipinski definition) is 2. The van der Waals surface area contributed by atoms with Crippen molar-refractivity contribution in [3.63, 3.8) is 0 Å². The summed E-state index contributed by atoms with van der Waals surface area (Å²) in [4.78, 5) is 21.4. The Morgan fingerprint density at radius 2 is 2.00 bits per heavy atom. The molecule has 0 spiro atoms. The average molecular weight is 374 g/mol. The maximum absolute atomic E-state index is 12.5. The number of nitro groups is 1. The van der Waals surface area contributed by atoms with Crippen LogP contribution in [0.5, 0.6) is 0 Å². The summed E-state index contributed by atoms with van der Waals surface area (Å²) in [7, 11) is -4.27. The molecule has 0 heterocycles. The molecular weight excluding hydrogens is 352 g/mol. The number of aryl methyl sites for hydroxylation is 1. The van der Waals surface area contributed by atoms with E-state index in [9.17, 15) is 28.4 Å². The molecule has 0 fully saturated rings. The molecule has 1 atom stereocenters. The molecule has 1 aromatic rings. The molecule has 1 unspecified atom stereocenters. The van der Waals surface area contributed by atoms with Crippen LogP contribution < -0.4 is 4.72 Å². The topological polar surface area (TPSA) is 136 Å². The predicted molar refractivity (Wildman–Crippen MR) is 89.6 cm³/mol. The number of nitrogens with zero attached hydrogens (tertiary/aromatic N) is 1. The van der Waals surface area contributed by atoms with Gasteiger partial charge in [0, 0.05) is 12.6 Å². The van der Waals surface area contributed by atoms with Gasteiger partial charge in [0.2, 0.25) is 10.0 Å². The van der Waals surface area contributed by atoms with Gasteiger partial charge in [-0.2, -0.15) is 0 Å². The quantitative estimate of drug-likeness (QED) is 0.396. The standard InChI is InChI=1S/C15H22N2O7S/c1-5-24-13(18)8-15(4,19)9-16-25(22,23)14-11(3)10(2)6-7-12(14)17(20)21/h6-7,16,19H,5,8-9H2,1-4H3. The summed E-state index contributed by atoms with van der Waals surface area (Å²) in [5.74, 6) is -0.676. The number of aliphatic hydroxyl groups is 1. The third kappa shape index (κ3) is 5.48. The predicted octanol–water partition coefficient (Wildman–Crippen LogP) is 1.19. The zero-order valence-corrected chi connectivity index (χ0v) is 15.3. The first-order valence-corrected chi connectivity index (χ1v) is 9.02. The van der Waals surface area contributed by atoms with Crippen LogP contribution in [0.2, 0.25) is 0 Å². The fourth-order valence-corrected chi connectivity index (χ4v) is 3.79. The molecule has 0 saturated heterocycles. The highest BCUT2D eigenvalue weighted by Gasteiger charge is 2.32. The second-order valence-electron chi connectivity index (χ2n) is 5.92. The Labute approximate surface area is 146 Å². The molecule has 0 aliphatic rings. The van der Waals surface area contributed by atoms with Crippen molar-refractivity contribution in [2.45, 2.75) is 44.6 Å². The average Bonchev–Trinajstić information content (AvgIpc) is 2.47. The van der Waals surface area contributed by atoms with Crippen molar-refractivity contribution in [3.8, 4) is 0 Å². The second-order valence-corrected chi connectivity index (χ2v) is 7.62. The summed E-state index contributed by atoms with van der Waals surface area (Å²) in [6.07, 6.45) is -0.418. The smallest absolute Gasteiger partial charge is 0.308 e. The highest BCUT2D eigenvalue weighted by molar-refractivity contribution is 7.89. The van der Waals surface area contributed by atoms with Crippen molar-refractivity contribution >= 4 is 21.7 Å². The maximum Gasteiger partial charge on any atom is 0.308 e. The van der Waals surface area contributed by atoms with Crippen LogP contribution in [0.4, 0.5) is 5.69 Å². The van der Waals surface area contributed by atoms with E-state index in [-0.39, 0.29) is 12.2 Å². The molecule has 0 bridgehead atoms. The van der Waals surface area contributed by atoms with Crippen molar-refractivity contribution in [2.24, 2.45) is 0 Å². The van der Waals surface area contributed by atoms with Gasteiger partial charge < -0.3 is 9.84 Å². The molecule has 0 saturated carbocycles. The summed E-state index contributed by atoms with van der Waals surface area (Å²) in [6, 6.07) is 2.58. The van der Waals surface area contributed by atoms with Gasteiger partial charge in [0.15, 0.2) is 4.90 Å². The lowest BCUT2D eigenvalue weighted by Gasteiger charge is -2.22. The van der Waals surface area contributed by atoms with E-state index in [4.69, 9.17) is 4.74 Å². The van der Waals surface area contributed by atoms with Gasteiger partial charge in [0.25, 0.3) is 5.69 Å². The fourth-order valence-electron chi connectivity index (χ4n) is 2.17. The number of ether oxygens (including phenoxy) is 1. The molecular formula is C15H22N2O7S. The van der Waals surface area contributed by atoms with E-state index in [2.05, 4.69) is 4.72 Å². The number of benzene rings is 1. The Hall–Kier alpha value is -2.04. The number of esters is 1. The summed E-state index contributed by atoms with van der Waals surface area (Å²) in [5.41, 5.74) is -1.44. The number of sulfonamides is 1. The number of hydrogen-bond acceptors (Lipinski definition) is 7. The molecule has 0 aromatic heterocycles. The molecule has 0 aliphatic heterocycles. The monoisotopic (exact) mass is 374 g/mol. The maximum atomic E-state index is 12.5. The van der Waals surface area contributed by atoms with Gasteiger partial charge in [0.05, 0.1) is 23.6 Å². The highest BCUT2D eigenvalue weighted by atomic mass is 32.2. The van der Waals surface area contributed by atoms with E-state index in [1.54, 1.807) is 13.8 Å². The first-order chi connectivity index (χ1) is 11.4. The third-order valence-corrected chi connectivity index (χ3v) is 5.17. The summed E-state index contributed by atoms with van der Waals surface area (Å²) >= 11 is 0. The number of carbonyl (C=O) groups excluding carboxylic acids is 1. The minimum absolute atomic E-state index is 0.134. The number of nitro benzene ring substituents is 1. The molecule has 0 aliphatic carbocycles. The molecule has 140 valence electrons. The van der Waals surface area contributed by atoms with Crippen molar-refractivity contribution < 1.29 is 28.0 Å². The van der Waals surface area contributed by atoms with Crippen LogP contribution in [0.3, 0.4) is 0 Å². The van der Waals surface area contributed by atoms with Gasteiger partial charge in [-0.15, -0.1) is 0 Å². The highest BCUT2D eigenvalue weighted by Crippen LogP contribution is 2.29. The van der Waals surface area contributed by atoms with Crippen LogP contribution in [0.15, 0.2) is 17.0 Å². The lowest BCUT2D eigenvalue weighted by Crippen LogP contribution is -2.42. The largest absolute Gasteiger partial charge is 0.466 e. The van der Waals surface area contributed by atoms with Crippen LogP contribution in [0, 0.1) is 24.0 Å². The molecule has 2 N–H and O–H groups in total. The van der Waals surface area contributed by atoms with E-state index < -0.39 is 50.1 Å². The number of rotatable bonds is 8. The van der Waals surface area contributed by atoms with Gasteiger partial charge in [-0.3, -0.25) is 14.9 Å². The zero-order valence-electron chi connectivity index (χ0n) is 14.5. The Bertz CT molecular complexity index is 772. The molecule has 1 aromatic carbocycles. The van der Waals surface area contributed by atoms with Gasteiger partial charge in [-0.1, -0.05) is 6.07 Å². The summed E-state index contributed by atoms with van der Waals surface area (Å²) < 4.78 is 31.9. The molecule has 9 nitrogen and oxygen atoms in total. The Kier molecular flexibility index (Phi) is 6.63. The number of nitrogens with one attached hydrogen (secondary N) is 1. The minimum atomic E-state index is -4.27. The van der Waals surface area contributed by atoms with E-state index in [0.717, 1.165) is 6.07 Å². The fraction of sp³-hybridized carbons (Fsp3) is 0.533. The SMILES string of the molecule is CCOC(=O)CC(C)(O)CNS(=O)(=O)c1c([N+](=O)[O-])ccc(C)c1C. The van der Waals surface area contributed by atoms with Crippen LogP contribution in [0.1, 0.15) is 31.4 Å². The van der Waals surface area contributed by atoms with E-state index in [1.807, 2.05) is 0 Å². The first kappa shape index (κ1) is 21.0. The molecule has 10 heteroatoms. The van der Waals surface area contributed by atoms with Crippen molar-refractivity contribution in [2.75, 3.05) is 13.2 Å². The lowest BCUT2D eigenvalue weighted by molar-refractivity contribution is -0.387. The molecule has 0 amide bonds. The minimum Gasteiger partial charge on any atom is -0.466 e. The van der Waals surface area contributed by atoms with Crippen LogP contribution in [-0.4, -0.2) is 43.2 Å². The Morgan fingerprint density at radius 3 is 2.52 bits per heavy atom. The van der Waals surface area contributed by atoms with Gasteiger partial charge in [0.1, 0.15) is 0 Å². The van der Waals surface area contributed by atoms with Gasteiger partial charge in [-0.25, -0.2) is 13.1 Å². The van der Waals surface area contributed by atoms with Crippen molar-refractivity contribution in [1.29, 1.82) is 0 Å². The third-order valence-electron chi connectivity index (χ3n) is 3.59. The Balaban J connectivity index is 3.09. The van der Waals surface area contributed by atoms with Crippen LogP contribution in [0.25, 0.3) is 0 Å².